The van der Waals surface area contributed by atoms with Crippen LogP contribution in [0.3, 0.4) is 0 Å². The normalized spacial score (nSPS) is 9.86. The smallest absolute Gasteiger partial charge is 0.145 e. The van der Waals surface area contributed by atoms with Gasteiger partial charge in [0.1, 0.15) is 18.0 Å². The van der Waals surface area contributed by atoms with Gasteiger partial charge in [-0.25, -0.2) is 15.8 Å². The first-order valence-corrected chi connectivity index (χ1v) is 4.47. The molecule has 0 saturated heterocycles. The zero-order valence-electron chi connectivity index (χ0n) is 8.16. The Balaban J connectivity index is 2.34. The summed E-state index contributed by atoms with van der Waals surface area (Å²) in [5.74, 6) is 6.51. The summed E-state index contributed by atoms with van der Waals surface area (Å²) in [5, 5.41) is 3.08. The molecule has 0 bridgehead atoms. The largest absolute Gasteiger partial charge is 0.380 e. The van der Waals surface area contributed by atoms with Crippen LogP contribution in [0.15, 0.2) is 12.4 Å². The third kappa shape index (κ3) is 3.55. The van der Waals surface area contributed by atoms with Gasteiger partial charge in [-0.3, -0.25) is 0 Å². The topological polar surface area (TPSA) is 85.1 Å². The Hall–Kier alpha value is -1.40. The van der Waals surface area contributed by atoms with Crippen molar-refractivity contribution in [3.8, 4) is 0 Å². The lowest BCUT2D eigenvalue weighted by atomic mass is 10.5. The highest BCUT2D eigenvalue weighted by atomic mass is 16.5. The molecule has 0 unspecified atom stereocenters. The summed E-state index contributed by atoms with van der Waals surface area (Å²) in [6.07, 6.45) is 1.44. The average Bonchev–Trinajstić information content (AvgIpc) is 2.25. The number of hydrogen-bond acceptors (Lipinski definition) is 6. The number of nitrogens with one attached hydrogen (secondary N) is 2. The third-order valence-electron chi connectivity index (χ3n) is 1.57. The number of nitrogen functional groups attached to an aromatic ring is 1. The van der Waals surface area contributed by atoms with E-state index in [4.69, 9.17) is 10.6 Å². The summed E-state index contributed by atoms with van der Waals surface area (Å²) in [5.41, 5.74) is 2.45. The molecule has 0 amide bonds. The van der Waals surface area contributed by atoms with Gasteiger partial charge in [0.15, 0.2) is 0 Å². The molecule has 1 aromatic heterocycles. The van der Waals surface area contributed by atoms with Crippen LogP contribution in [0.2, 0.25) is 0 Å². The van der Waals surface area contributed by atoms with Crippen LogP contribution < -0.4 is 16.6 Å². The molecule has 4 N–H and O–H groups in total. The van der Waals surface area contributed by atoms with Crippen LogP contribution in [0, 0.1) is 0 Å². The molecule has 0 spiro atoms. The molecular formula is C8H15N5O. The van der Waals surface area contributed by atoms with Crippen molar-refractivity contribution in [2.24, 2.45) is 5.84 Å². The molecule has 0 atom stereocenters. The zero-order chi connectivity index (χ0) is 10.2. The van der Waals surface area contributed by atoms with Crippen LogP contribution >= 0.6 is 0 Å². The number of ether oxygens (including phenoxy) is 1. The highest BCUT2D eigenvalue weighted by molar-refractivity contribution is 5.45. The summed E-state index contributed by atoms with van der Waals surface area (Å²) in [6.45, 7) is 4.06. The minimum atomic E-state index is 0.582. The first-order valence-electron chi connectivity index (χ1n) is 4.47. The number of aromatic nitrogens is 2. The summed E-state index contributed by atoms with van der Waals surface area (Å²) in [4.78, 5) is 7.90. The van der Waals surface area contributed by atoms with Gasteiger partial charge in [-0.1, -0.05) is 0 Å². The zero-order valence-corrected chi connectivity index (χ0v) is 8.16. The second kappa shape index (κ2) is 6.11. The molecule has 14 heavy (non-hydrogen) atoms. The lowest BCUT2D eigenvalue weighted by molar-refractivity contribution is 0.158. The minimum Gasteiger partial charge on any atom is -0.380 e. The molecule has 0 aliphatic heterocycles. The summed E-state index contributed by atoms with van der Waals surface area (Å²) < 4.78 is 5.17. The van der Waals surface area contributed by atoms with Crippen molar-refractivity contribution in [3.63, 3.8) is 0 Å². The molecular weight excluding hydrogens is 182 g/mol. The van der Waals surface area contributed by atoms with Crippen LogP contribution in [0.1, 0.15) is 6.92 Å². The van der Waals surface area contributed by atoms with E-state index >= 15 is 0 Å². The number of nitrogens with two attached hydrogens (primary N) is 1. The van der Waals surface area contributed by atoms with E-state index in [0.717, 1.165) is 19.0 Å². The molecule has 6 nitrogen and oxygen atoms in total. The van der Waals surface area contributed by atoms with Crippen LogP contribution in [0.5, 0.6) is 0 Å². The van der Waals surface area contributed by atoms with E-state index in [2.05, 4.69) is 20.7 Å². The molecule has 0 saturated carbocycles. The summed E-state index contributed by atoms with van der Waals surface area (Å²) in [7, 11) is 0. The van der Waals surface area contributed by atoms with E-state index in [1.54, 1.807) is 6.07 Å². The van der Waals surface area contributed by atoms with Crippen LogP contribution in [-0.2, 0) is 4.74 Å². The Morgan fingerprint density at radius 1 is 1.43 bits per heavy atom. The maximum Gasteiger partial charge on any atom is 0.145 e. The van der Waals surface area contributed by atoms with Crippen LogP contribution in [-0.4, -0.2) is 29.7 Å². The number of rotatable bonds is 6. The Bertz CT molecular complexity index is 268. The van der Waals surface area contributed by atoms with E-state index < -0.39 is 0 Å². The molecule has 78 valence electrons. The molecule has 0 aromatic carbocycles. The number of hydrogen-bond donors (Lipinski definition) is 3. The van der Waals surface area contributed by atoms with E-state index in [0.29, 0.717) is 12.4 Å². The maximum absolute atomic E-state index is 5.20. The highest BCUT2D eigenvalue weighted by Crippen LogP contribution is 2.05. The quantitative estimate of drug-likeness (QED) is 0.343. The van der Waals surface area contributed by atoms with Crippen molar-refractivity contribution < 1.29 is 4.74 Å². The van der Waals surface area contributed by atoms with Crippen LogP contribution in [0.4, 0.5) is 11.6 Å². The number of hydrazine groups is 1. The Labute approximate surface area is 82.9 Å². The fraction of sp³-hybridized carbons (Fsp3) is 0.500. The Morgan fingerprint density at radius 2 is 2.21 bits per heavy atom. The summed E-state index contributed by atoms with van der Waals surface area (Å²) in [6, 6.07) is 1.73. The predicted molar refractivity (Wildman–Crippen MR) is 54.8 cm³/mol. The molecule has 0 fully saturated rings. The Morgan fingerprint density at radius 3 is 2.93 bits per heavy atom. The molecule has 1 aromatic rings. The van der Waals surface area contributed by atoms with E-state index in [9.17, 15) is 0 Å². The van der Waals surface area contributed by atoms with Crippen molar-refractivity contribution in [3.05, 3.63) is 12.4 Å². The predicted octanol–water partition coefficient (Wildman–Crippen LogP) is 0.211. The molecule has 1 rings (SSSR count). The van der Waals surface area contributed by atoms with Gasteiger partial charge >= 0.3 is 0 Å². The first kappa shape index (κ1) is 10.7. The van der Waals surface area contributed by atoms with Crippen molar-refractivity contribution in [2.75, 3.05) is 30.5 Å². The fourth-order valence-corrected chi connectivity index (χ4v) is 0.929. The molecule has 0 radical (unpaired) electrons. The first-order chi connectivity index (χ1) is 6.86. The van der Waals surface area contributed by atoms with E-state index in [-0.39, 0.29) is 0 Å². The lowest BCUT2D eigenvalue weighted by Gasteiger charge is -2.06. The highest BCUT2D eigenvalue weighted by Gasteiger charge is 1.95. The van der Waals surface area contributed by atoms with Crippen molar-refractivity contribution in [1.82, 2.24) is 9.97 Å². The summed E-state index contributed by atoms with van der Waals surface area (Å²) >= 11 is 0. The monoisotopic (exact) mass is 197 g/mol. The van der Waals surface area contributed by atoms with Gasteiger partial charge in [-0.15, -0.1) is 0 Å². The average molecular weight is 197 g/mol. The van der Waals surface area contributed by atoms with Gasteiger partial charge in [0.2, 0.25) is 0 Å². The van der Waals surface area contributed by atoms with Gasteiger partial charge in [0.05, 0.1) is 6.61 Å². The second-order valence-corrected chi connectivity index (χ2v) is 2.56. The standard InChI is InChI=1S/C8H15N5O/c1-2-14-4-3-10-7-5-8(13-9)12-6-11-7/h5-6H,2-4,9H2,1H3,(H2,10,11,12,13). The second-order valence-electron chi connectivity index (χ2n) is 2.56. The van der Waals surface area contributed by atoms with E-state index in [1.165, 1.54) is 6.33 Å². The van der Waals surface area contributed by atoms with Gasteiger partial charge in [0, 0.05) is 19.2 Å². The van der Waals surface area contributed by atoms with Gasteiger partial charge in [0.25, 0.3) is 0 Å². The SMILES string of the molecule is CCOCCNc1cc(NN)ncn1. The van der Waals surface area contributed by atoms with Crippen molar-refractivity contribution in [1.29, 1.82) is 0 Å². The van der Waals surface area contributed by atoms with Crippen LogP contribution in [0.25, 0.3) is 0 Å². The number of anilines is 2. The van der Waals surface area contributed by atoms with E-state index in [1.807, 2.05) is 6.92 Å². The number of nitrogens with zero attached hydrogens (tertiary/aromatic N) is 2. The molecule has 0 aliphatic carbocycles. The van der Waals surface area contributed by atoms with Gasteiger partial charge < -0.3 is 15.5 Å². The molecule has 6 heteroatoms. The molecule has 1 heterocycles. The minimum absolute atomic E-state index is 0.582. The van der Waals surface area contributed by atoms with Gasteiger partial charge in [-0.2, -0.15) is 0 Å². The fourth-order valence-electron chi connectivity index (χ4n) is 0.929. The van der Waals surface area contributed by atoms with Gasteiger partial charge in [-0.05, 0) is 6.92 Å². The third-order valence-corrected chi connectivity index (χ3v) is 1.57. The maximum atomic E-state index is 5.20. The van der Waals surface area contributed by atoms with Crippen molar-refractivity contribution in [2.45, 2.75) is 6.92 Å². The lowest BCUT2D eigenvalue weighted by Crippen LogP contribution is -2.12. The van der Waals surface area contributed by atoms with Crippen molar-refractivity contribution >= 4 is 11.6 Å². The Kier molecular flexibility index (Phi) is 4.66. The molecule has 0 aliphatic rings.